The third-order valence-electron chi connectivity index (χ3n) is 3.75. The van der Waals surface area contributed by atoms with Crippen LogP contribution < -0.4 is 10.4 Å². The highest BCUT2D eigenvalue weighted by atomic mass is 32.1. The number of aromatic nitrogens is 1. The molecule has 0 radical (unpaired) electrons. The SMILES string of the molecule is CN(NC(=O)c1ccc(-c2nc3ccccc3s2)o1)c1ccccc1. The minimum absolute atomic E-state index is 0.247. The topological polar surface area (TPSA) is 58.4 Å². The average molecular weight is 349 g/mol. The van der Waals surface area contributed by atoms with E-state index in [4.69, 9.17) is 4.42 Å². The van der Waals surface area contributed by atoms with Crippen LogP contribution in [0.1, 0.15) is 10.6 Å². The number of fused-ring (bicyclic) bond motifs is 1. The number of rotatable bonds is 4. The minimum atomic E-state index is -0.307. The molecule has 2 aromatic heterocycles. The summed E-state index contributed by atoms with van der Waals surface area (Å²) in [5, 5.41) is 2.42. The second-order valence-electron chi connectivity index (χ2n) is 5.49. The molecule has 2 aromatic carbocycles. The molecule has 6 heteroatoms. The van der Waals surface area contributed by atoms with Crippen molar-refractivity contribution in [1.82, 2.24) is 10.4 Å². The maximum Gasteiger partial charge on any atom is 0.305 e. The minimum Gasteiger partial charge on any atom is -0.448 e. The van der Waals surface area contributed by atoms with Crippen molar-refractivity contribution < 1.29 is 9.21 Å². The summed E-state index contributed by atoms with van der Waals surface area (Å²) in [6.45, 7) is 0. The van der Waals surface area contributed by atoms with Gasteiger partial charge in [0.15, 0.2) is 16.5 Å². The number of thiazole rings is 1. The van der Waals surface area contributed by atoms with Crippen molar-refractivity contribution in [2.45, 2.75) is 0 Å². The molecule has 1 amide bonds. The Hall–Kier alpha value is -3.12. The number of carbonyl (C=O) groups is 1. The van der Waals surface area contributed by atoms with E-state index in [0.717, 1.165) is 20.9 Å². The lowest BCUT2D eigenvalue weighted by Crippen LogP contribution is -2.39. The fourth-order valence-electron chi connectivity index (χ4n) is 2.48. The van der Waals surface area contributed by atoms with Crippen LogP contribution in [0.15, 0.2) is 71.1 Å². The number of amides is 1. The average Bonchev–Trinajstić information content (AvgIpc) is 3.29. The van der Waals surface area contributed by atoms with Gasteiger partial charge in [-0.2, -0.15) is 0 Å². The molecule has 4 rings (SSSR count). The van der Waals surface area contributed by atoms with Crippen LogP contribution >= 0.6 is 11.3 Å². The van der Waals surface area contributed by atoms with Gasteiger partial charge in [-0.3, -0.25) is 15.2 Å². The fourth-order valence-corrected chi connectivity index (χ4v) is 3.40. The zero-order chi connectivity index (χ0) is 17.2. The van der Waals surface area contributed by atoms with Crippen LogP contribution in [0, 0.1) is 0 Å². The molecule has 0 aliphatic carbocycles. The first-order chi connectivity index (χ1) is 12.2. The number of hydrazine groups is 1. The van der Waals surface area contributed by atoms with Gasteiger partial charge in [0.1, 0.15) is 0 Å². The van der Waals surface area contributed by atoms with Crippen LogP contribution in [0.3, 0.4) is 0 Å². The van der Waals surface area contributed by atoms with E-state index < -0.39 is 0 Å². The van der Waals surface area contributed by atoms with Crippen molar-refractivity contribution in [3.05, 3.63) is 72.5 Å². The van der Waals surface area contributed by atoms with E-state index in [1.807, 2.05) is 54.6 Å². The van der Waals surface area contributed by atoms with Crippen molar-refractivity contribution >= 4 is 33.1 Å². The van der Waals surface area contributed by atoms with Crippen molar-refractivity contribution in [3.63, 3.8) is 0 Å². The standard InChI is InChI=1S/C19H15N3O2S/c1-22(13-7-3-2-4-8-13)21-18(23)15-11-12-16(24-15)19-20-14-9-5-6-10-17(14)25-19/h2-12H,1H3,(H,21,23). The molecule has 4 aromatic rings. The lowest BCUT2D eigenvalue weighted by molar-refractivity contribution is 0.0924. The third kappa shape index (κ3) is 3.12. The highest BCUT2D eigenvalue weighted by Crippen LogP contribution is 2.31. The number of benzene rings is 2. The van der Waals surface area contributed by atoms with E-state index in [1.165, 1.54) is 11.3 Å². The number of furan rings is 1. The molecular weight excluding hydrogens is 334 g/mol. The van der Waals surface area contributed by atoms with Crippen molar-refractivity contribution in [1.29, 1.82) is 0 Å². The van der Waals surface area contributed by atoms with Gasteiger partial charge >= 0.3 is 5.91 Å². The van der Waals surface area contributed by atoms with Crippen LogP contribution in [0.5, 0.6) is 0 Å². The summed E-state index contributed by atoms with van der Waals surface area (Å²) in [6.07, 6.45) is 0. The maximum absolute atomic E-state index is 12.4. The Balaban J connectivity index is 1.53. The molecule has 124 valence electrons. The van der Waals surface area contributed by atoms with E-state index in [9.17, 15) is 4.79 Å². The quantitative estimate of drug-likeness (QED) is 0.557. The molecule has 0 aliphatic rings. The van der Waals surface area contributed by atoms with Crippen LogP contribution in [0.25, 0.3) is 21.0 Å². The number of nitrogens with zero attached hydrogens (tertiary/aromatic N) is 2. The van der Waals surface area contributed by atoms with Crippen LogP contribution in [0.4, 0.5) is 5.69 Å². The van der Waals surface area contributed by atoms with Gasteiger partial charge in [0.2, 0.25) is 0 Å². The summed E-state index contributed by atoms with van der Waals surface area (Å²) in [6, 6.07) is 20.9. The van der Waals surface area contributed by atoms with Crippen LogP contribution in [-0.2, 0) is 0 Å². The lowest BCUT2D eigenvalue weighted by Gasteiger charge is -2.19. The predicted molar refractivity (Wildman–Crippen MR) is 99.6 cm³/mol. The Morgan fingerprint density at radius 3 is 2.60 bits per heavy atom. The molecule has 0 atom stereocenters. The molecule has 0 fully saturated rings. The molecule has 0 aliphatic heterocycles. The van der Waals surface area contributed by atoms with Crippen molar-refractivity contribution in [2.24, 2.45) is 0 Å². The first-order valence-electron chi connectivity index (χ1n) is 7.76. The predicted octanol–water partition coefficient (Wildman–Crippen LogP) is 4.34. The first kappa shape index (κ1) is 15.4. The van der Waals surface area contributed by atoms with Gasteiger partial charge in [0.05, 0.1) is 15.9 Å². The highest BCUT2D eigenvalue weighted by Gasteiger charge is 2.16. The van der Waals surface area contributed by atoms with Crippen LogP contribution in [0.2, 0.25) is 0 Å². The van der Waals surface area contributed by atoms with Gasteiger partial charge in [-0.25, -0.2) is 4.98 Å². The Morgan fingerprint density at radius 1 is 1.04 bits per heavy atom. The van der Waals surface area contributed by atoms with E-state index in [0.29, 0.717) is 5.76 Å². The molecule has 5 nitrogen and oxygen atoms in total. The lowest BCUT2D eigenvalue weighted by atomic mass is 10.3. The Labute approximate surface area is 148 Å². The zero-order valence-electron chi connectivity index (χ0n) is 13.5. The number of para-hydroxylation sites is 2. The summed E-state index contributed by atoms with van der Waals surface area (Å²) in [5.74, 6) is 0.532. The van der Waals surface area contributed by atoms with E-state index in [1.54, 1.807) is 24.2 Å². The first-order valence-corrected chi connectivity index (χ1v) is 8.58. The van der Waals surface area contributed by atoms with E-state index in [-0.39, 0.29) is 11.7 Å². The van der Waals surface area contributed by atoms with Crippen LogP contribution in [-0.4, -0.2) is 17.9 Å². The summed E-state index contributed by atoms with van der Waals surface area (Å²) in [5.41, 5.74) is 4.60. The zero-order valence-corrected chi connectivity index (χ0v) is 14.3. The number of hydrogen-bond donors (Lipinski definition) is 1. The molecule has 0 bridgehead atoms. The molecule has 0 spiro atoms. The Kier molecular flexibility index (Phi) is 3.95. The van der Waals surface area contributed by atoms with Gasteiger partial charge in [0, 0.05) is 7.05 Å². The largest absolute Gasteiger partial charge is 0.448 e. The molecular formula is C19H15N3O2S. The maximum atomic E-state index is 12.4. The van der Waals surface area contributed by atoms with Gasteiger partial charge in [0.25, 0.3) is 0 Å². The Morgan fingerprint density at radius 2 is 1.80 bits per heavy atom. The molecule has 0 saturated heterocycles. The molecule has 2 heterocycles. The molecule has 25 heavy (non-hydrogen) atoms. The van der Waals surface area contributed by atoms with Crippen molar-refractivity contribution in [3.8, 4) is 10.8 Å². The highest BCUT2D eigenvalue weighted by molar-refractivity contribution is 7.21. The summed E-state index contributed by atoms with van der Waals surface area (Å²) in [7, 11) is 1.78. The van der Waals surface area contributed by atoms with Gasteiger partial charge < -0.3 is 4.42 Å². The molecule has 1 N–H and O–H groups in total. The second kappa shape index (κ2) is 6.41. The van der Waals surface area contributed by atoms with Crippen molar-refractivity contribution in [2.75, 3.05) is 12.1 Å². The fraction of sp³-hybridized carbons (Fsp3) is 0.0526. The van der Waals surface area contributed by atoms with E-state index in [2.05, 4.69) is 10.4 Å². The van der Waals surface area contributed by atoms with Gasteiger partial charge in [-0.1, -0.05) is 30.3 Å². The summed E-state index contributed by atoms with van der Waals surface area (Å²) >= 11 is 1.54. The Bertz CT molecular complexity index is 990. The van der Waals surface area contributed by atoms with Gasteiger partial charge in [-0.05, 0) is 36.4 Å². The number of hydrogen-bond acceptors (Lipinski definition) is 5. The molecule has 0 unspecified atom stereocenters. The third-order valence-corrected chi connectivity index (χ3v) is 4.80. The summed E-state index contributed by atoms with van der Waals surface area (Å²) in [4.78, 5) is 16.9. The smallest absolute Gasteiger partial charge is 0.305 e. The normalized spacial score (nSPS) is 10.8. The summed E-state index contributed by atoms with van der Waals surface area (Å²) < 4.78 is 6.79. The van der Waals surface area contributed by atoms with Gasteiger partial charge in [-0.15, -0.1) is 11.3 Å². The van der Waals surface area contributed by atoms with E-state index >= 15 is 0 Å². The number of nitrogens with one attached hydrogen (secondary N) is 1. The monoisotopic (exact) mass is 349 g/mol. The number of anilines is 1. The second-order valence-corrected chi connectivity index (χ2v) is 6.52. The molecule has 0 saturated carbocycles. The number of carbonyl (C=O) groups excluding carboxylic acids is 1.